The summed E-state index contributed by atoms with van der Waals surface area (Å²) < 4.78 is 32.9. The maximum Gasteiger partial charge on any atom is 0.262 e. The minimum Gasteiger partial charge on any atom is -0.496 e. The third-order valence-corrected chi connectivity index (χ3v) is 5.27. The van der Waals surface area contributed by atoms with Crippen LogP contribution in [0.4, 0.5) is 5.69 Å². The molecule has 0 atom stereocenters. The molecule has 0 aliphatic heterocycles. The summed E-state index contributed by atoms with van der Waals surface area (Å²) in [4.78, 5) is 11.5. The van der Waals surface area contributed by atoms with Crippen molar-refractivity contribution in [3.05, 3.63) is 53.1 Å². The number of nitrogens with one attached hydrogen (secondary N) is 1. The second-order valence-corrected chi connectivity index (χ2v) is 6.91. The summed E-state index contributed by atoms with van der Waals surface area (Å²) in [6.07, 6.45) is 0. The predicted molar refractivity (Wildman–Crippen MR) is 89.7 cm³/mol. The second kappa shape index (κ2) is 6.42. The summed E-state index contributed by atoms with van der Waals surface area (Å²) in [5.41, 5.74) is 2.35. The number of sulfonamides is 1. The third-order valence-electron chi connectivity index (χ3n) is 3.74. The molecule has 1 N–H and O–H groups in total. The van der Waals surface area contributed by atoms with Gasteiger partial charge in [0.25, 0.3) is 10.0 Å². The Bertz CT molecular complexity index is 840. The van der Waals surface area contributed by atoms with E-state index in [4.69, 9.17) is 4.74 Å². The van der Waals surface area contributed by atoms with E-state index >= 15 is 0 Å². The van der Waals surface area contributed by atoms with Crippen LogP contribution in [0.5, 0.6) is 5.75 Å². The highest BCUT2D eigenvalue weighted by atomic mass is 32.2. The van der Waals surface area contributed by atoms with E-state index in [1.54, 1.807) is 44.4 Å². The van der Waals surface area contributed by atoms with Gasteiger partial charge in [0, 0.05) is 11.3 Å². The first kappa shape index (κ1) is 17.0. The molecule has 0 saturated carbocycles. The molecule has 6 heteroatoms. The number of carbonyl (C=O) groups is 1. The van der Waals surface area contributed by atoms with Gasteiger partial charge in [-0.25, -0.2) is 8.42 Å². The molecule has 2 aromatic carbocycles. The van der Waals surface area contributed by atoms with Crippen LogP contribution in [0.2, 0.25) is 0 Å². The Hall–Kier alpha value is -2.34. The number of anilines is 1. The van der Waals surface area contributed by atoms with Crippen molar-refractivity contribution in [2.45, 2.75) is 25.7 Å². The topological polar surface area (TPSA) is 72.5 Å². The Kier molecular flexibility index (Phi) is 4.75. The quantitative estimate of drug-likeness (QED) is 0.852. The largest absolute Gasteiger partial charge is 0.496 e. The standard InChI is InChI=1S/C17H19NO4S/c1-11-12(2)17(10-9-16(11)22-4)23(20,21)18-15-7-5-14(6-8-15)13(3)19/h5-10,18H,1-4H3. The molecule has 5 nitrogen and oxygen atoms in total. The zero-order valence-corrected chi connectivity index (χ0v) is 14.3. The summed E-state index contributed by atoms with van der Waals surface area (Å²) >= 11 is 0. The average molecular weight is 333 g/mol. The molecule has 0 fully saturated rings. The van der Waals surface area contributed by atoms with Crippen LogP contribution in [0.25, 0.3) is 0 Å². The minimum atomic E-state index is -3.72. The maximum absolute atomic E-state index is 12.6. The molecule has 0 aromatic heterocycles. The van der Waals surface area contributed by atoms with E-state index in [-0.39, 0.29) is 10.7 Å². The number of carbonyl (C=O) groups excluding carboxylic acids is 1. The molecule has 23 heavy (non-hydrogen) atoms. The highest BCUT2D eigenvalue weighted by Gasteiger charge is 2.19. The number of rotatable bonds is 5. The van der Waals surface area contributed by atoms with Crippen molar-refractivity contribution in [3.8, 4) is 5.75 Å². The van der Waals surface area contributed by atoms with E-state index in [0.717, 1.165) is 5.56 Å². The van der Waals surface area contributed by atoms with Crippen LogP contribution in [0.15, 0.2) is 41.3 Å². The summed E-state index contributed by atoms with van der Waals surface area (Å²) in [5, 5.41) is 0. The van der Waals surface area contributed by atoms with Gasteiger partial charge in [-0.2, -0.15) is 0 Å². The number of methoxy groups -OCH3 is 1. The van der Waals surface area contributed by atoms with Crippen LogP contribution in [0.3, 0.4) is 0 Å². The molecule has 0 aliphatic rings. The SMILES string of the molecule is COc1ccc(S(=O)(=O)Nc2ccc(C(C)=O)cc2)c(C)c1C. The molecule has 0 heterocycles. The van der Waals surface area contributed by atoms with Gasteiger partial charge >= 0.3 is 0 Å². The molecule has 0 bridgehead atoms. The number of ether oxygens (including phenoxy) is 1. The minimum absolute atomic E-state index is 0.0685. The van der Waals surface area contributed by atoms with Crippen molar-refractivity contribution >= 4 is 21.5 Å². The molecule has 0 unspecified atom stereocenters. The number of hydrogen-bond acceptors (Lipinski definition) is 4. The van der Waals surface area contributed by atoms with Gasteiger partial charge < -0.3 is 4.74 Å². The first-order valence-corrected chi connectivity index (χ1v) is 8.52. The van der Waals surface area contributed by atoms with E-state index < -0.39 is 10.0 Å². The lowest BCUT2D eigenvalue weighted by molar-refractivity contribution is 0.101. The van der Waals surface area contributed by atoms with Gasteiger partial charge in [0.15, 0.2) is 5.78 Å². The summed E-state index contributed by atoms with van der Waals surface area (Å²) in [6.45, 7) is 5.02. The Morgan fingerprint density at radius 3 is 2.13 bits per heavy atom. The molecule has 122 valence electrons. The Morgan fingerprint density at radius 1 is 1.00 bits per heavy atom. The Morgan fingerprint density at radius 2 is 1.61 bits per heavy atom. The van der Waals surface area contributed by atoms with Crippen LogP contribution in [-0.4, -0.2) is 21.3 Å². The third kappa shape index (κ3) is 3.53. The van der Waals surface area contributed by atoms with Crippen molar-refractivity contribution in [1.29, 1.82) is 0 Å². The van der Waals surface area contributed by atoms with Crippen LogP contribution >= 0.6 is 0 Å². The van der Waals surface area contributed by atoms with Crippen molar-refractivity contribution in [1.82, 2.24) is 0 Å². The molecule has 0 radical (unpaired) electrons. The molecular weight excluding hydrogens is 314 g/mol. The van der Waals surface area contributed by atoms with E-state index in [0.29, 0.717) is 22.6 Å². The number of Topliss-reactive ketones (excluding diaryl/α,β-unsaturated/α-hetero) is 1. The molecule has 0 saturated heterocycles. The van der Waals surface area contributed by atoms with Crippen molar-refractivity contribution in [3.63, 3.8) is 0 Å². The lowest BCUT2D eigenvalue weighted by Gasteiger charge is -2.14. The van der Waals surface area contributed by atoms with Gasteiger partial charge in [-0.1, -0.05) is 0 Å². The van der Waals surface area contributed by atoms with Gasteiger partial charge in [0.05, 0.1) is 12.0 Å². The molecular formula is C17H19NO4S. The Labute approximate surface area is 136 Å². The van der Waals surface area contributed by atoms with Crippen LogP contribution in [0.1, 0.15) is 28.4 Å². The zero-order valence-electron chi connectivity index (χ0n) is 13.5. The number of ketones is 1. The van der Waals surface area contributed by atoms with Gasteiger partial charge in [-0.15, -0.1) is 0 Å². The highest BCUT2D eigenvalue weighted by molar-refractivity contribution is 7.92. The second-order valence-electron chi connectivity index (χ2n) is 5.25. The maximum atomic E-state index is 12.6. The predicted octanol–water partition coefficient (Wildman–Crippen LogP) is 3.32. The van der Waals surface area contributed by atoms with E-state index in [1.165, 1.54) is 13.0 Å². The van der Waals surface area contributed by atoms with Crippen LogP contribution in [-0.2, 0) is 10.0 Å². The van der Waals surface area contributed by atoms with Crippen LogP contribution in [0, 0.1) is 13.8 Å². The average Bonchev–Trinajstić information content (AvgIpc) is 2.49. The molecule has 0 spiro atoms. The molecule has 2 rings (SSSR count). The zero-order chi connectivity index (χ0) is 17.2. The first-order valence-electron chi connectivity index (χ1n) is 7.04. The lowest BCUT2D eigenvalue weighted by Crippen LogP contribution is -2.15. The van der Waals surface area contributed by atoms with Gasteiger partial charge in [-0.05, 0) is 68.3 Å². The number of hydrogen-bond donors (Lipinski definition) is 1. The van der Waals surface area contributed by atoms with E-state index in [2.05, 4.69) is 4.72 Å². The van der Waals surface area contributed by atoms with Gasteiger partial charge in [0.1, 0.15) is 5.75 Å². The normalized spacial score (nSPS) is 11.1. The van der Waals surface area contributed by atoms with Crippen molar-refractivity contribution in [2.75, 3.05) is 11.8 Å². The smallest absolute Gasteiger partial charge is 0.262 e. The molecule has 2 aromatic rings. The van der Waals surface area contributed by atoms with Gasteiger partial charge in [-0.3, -0.25) is 9.52 Å². The highest BCUT2D eigenvalue weighted by Crippen LogP contribution is 2.28. The summed E-state index contributed by atoms with van der Waals surface area (Å²) in [7, 11) is -2.17. The summed E-state index contributed by atoms with van der Waals surface area (Å²) in [5.74, 6) is 0.577. The fourth-order valence-corrected chi connectivity index (χ4v) is 3.63. The summed E-state index contributed by atoms with van der Waals surface area (Å²) in [6, 6.07) is 9.47. The fraction of sp³-hybridized carbons (Fsp3) is 0.235. The van der Waals surface area contributed by atoms with E-state index in [1.807, 2.05) is 6.92 Å². The molecule has 0 aliphatic carbocycles. The van der Waals surface area contributed by atoms with E-state index in [9.17, 15) is 13.2 Å². The van der Waals surface area contributed by atoms with Crippen LogP contribution < -0.4 is 9.46 Å². The van der Waals surface area contributed by atoms with Gasteiger partial charge in [0.2, 0.25) is 0 Å². The molecule has 0 amide bonds. The monoisotopic (exact) mass is 333 g/mol. The Balaban J connectivity index is 2.36. The van der Waals surface area contributed by atoms with Crippen molar-refractivity contribution < 1.29 is 17.9 Å². The first-order chi connectivity index (χ1) is 10.8. The fourth-order valence-electron chi connectivity index (χ4n) is 2.27. The number of benzene rings is 2. The van der Waals surface area contributed by atoms with Crippen molar-refractivity contribution in [2.24, 2.45) is 0 Å². The lowest BCUT2D eigenvalue weighted by atomic mass is 10.1.